The molecule has 0 amide bonds. The lowest BCUT2D eigenvalue weighted by atomic mass is 10.1. The molecule has 0 spiro atoms. The zero-order valence-electron chi connectivity index (χ0n) is 11.8. The number of rotatable bonds is 5. The Kier molecular flexibility index (Phi) is 4.53. The number of nitrogens with one attached hydrogen (secondary N) is 1. The number of aryl methyl sites for hydroxylation is 2. The molecule has 0 atom stereocenters. The summed E-state index contributed by atoms with van der Waals surface area (Å²) in [5.74, 6) is 1.46. The predicted molar refractivity (Wildman–Crippen MR) is 77.9 cm³/mol. The first kappa shape index (κ1) is 14.3. The van der Waals surface area contributed by atoms with Gasteiger partial charge in [0.1, 0.15) is 11.6 Å². The van der Waals surface area contributed by atoms with Gasteiger partial charge in [0, 0.05) is 19.0 Å². The standard InChI is InChI=1S/C15H19N3O2/c1-10-3-4-11(2)13(7-10)20-6-5-14-17-12(9-16)8-15(19)18-14/h3-4,7-8H,5-6,9,16H2,1-2H3,(H,17,18,19). The summed E-state index contributed by atoms with van der Waals surface area (Å²) < 4.78 is 5.74. The molecule has 0 aliphatic heterocycles. The maximum absolute atomic E-state index is 11.4. The van der Waals surface area contributed by atoms with E-state index < -0.39 is 0 Å². The van der Waals surface area contributed by atoms with Crippen LogP contribution in [-0.4, -0.2) is 16.6 Å². The van der Waals surface area contributed by atoms with Gasteiger partial charge in [-0.05, 0) is 31.0 Å². The molecule has 0 fully saturated rings. The average Bonchev–Trinajstić information content (AvgIpc) is 2.42. The van der Waals surface area contributed by atoms with Crippen molar-refractivity contribution in [1.82, 2.24) is 9.97 Å². The first-order chi connectivity index (χ1) is 9.58. The highest BCUT2D eigenvalue weighted by molar-refractivity contribution is 5.35. The third-order valence-electron chi connectivity index (χ3n) is 2.99. The summed E-state index contributed by atoms with van der Waals surface area (Å²) in [7, 11) is 0. The number of benzene rings is 1. The van der Waals surface area contributed by atoms with Gasteiger partial charge >= 0.3 is 0 Å². The molecule has 0 radical (unpaired) electrons. The topological polar surface area (TPSA) is 81.0 Å². The lowest BCUT2D eigenvalue weighted by Crippen LogP contribution is -2.16. The molecular formula is C15H19N3O2. The number of hydrogen-bond donors (Lipinski definition) is 2. The van der Waals surface area contributed by atoms with Crippen LogP contribution in [0.1, 0.15) is 22.6 Å². The van der Waals surface area contributed by atoms with Crippen molar-refractivity contribution >= 4 is 0 Å². The largest absolute Gasteiger partial charge is 0.493 e. The molecule has 1 aromatic carbocycles. The normalized spacial score (nSPS) is 10.6. The number of ether oxygens (including phenoxy) is 1. The molecule has 0 unspecified atom stereocenters. The van der Waals surface area contributed by atoms with Crippen molar-refractivity contribution in [2.24, 2.45) is 5.73 Å². The lowest BCUT2D eigenvalue weighted by molar-refractivity contribution is 0.316. The Morgan fingerprint density at radius 1 is 1.30 bits per heavy atom. The van der Waals surface area contributed by atoms with Crippen LogP contribution in [-0.2, 0) is 13.0 Å². The van der Waals surface area contributed by atoms with Crippen LogP contribution in [0.4, 0.5) is 0 Å². The van der Waals surface area contributed by atoms with Gasteiger partial charge in [-0.25, -0.2) is 4.98 Å². The highest BCUT2D eigenvalue weighted by Crippen LogP contribution is 2.19. The minimum atomic E-state index is -0.179. The van der Waals surface area contributed by atoms with E-state index in [0.29, 0.717) is 24.5 Å². The van der Waals surface area contributed by atoms with E-state index in [1.807, 2.05) is 32.0 Å². The van der Waals surface area contributed by atoms with Crippen LogP contribution in [0.2, 0.25) is 0 Å². The van der Waals surface area contributed by atoms with Crippen molar-refractivity contribution in [2.45, 2.75) is 26.8 Å². The van der Waals surface area contributed by atoms with Crippen LogP contribution >= 0.6 is 0 Å². The Morgan fingerprint density at radius 3 is 2.85 bits per heavy atom. The minimum absolute atomic E-state index is 0.179. The second-order valence-corrected chi connectivity index (χ2v) is 4.75. The molecule has 2 rings (SSSR count). The molecule has 0 saturated carbocycles. The number of aromatic nitrogens is 2. The first-order valence-corrected chi connectivity index (χ1v) is 6.57. The fourth-order valence-electron chi connectivity index (χ4n) is 1.91. The zero-order valence-corrected chi connectivity index (χ0v) is 11.8. The predicted octanol–water partition coefficient (Wildman–Crippen LogP) is 1.47. The summed E-state index contributed by atoms with van der Waals surface area (Å²) in [6.45, 7) is 4.75. The number of hydrogen-bond acceptors (Lipinski definition) is 4. The molecule has 3 N–H and O–H groups in total. The Balaban J connectivity index is 2.01. The van der Waals surface area contributed by atoms with Crippen molar-refractivity contribution in [2.75, 3.05) is 6.61 Å². The van der Waals surface area contributed by atoms with Gasteiger partial charge in [-0.3, -0.25) is 4.79 Å². The highest BCUT2D eigenvalue weighted by Gasteiger charge is 2.03. The zero-order chi connectivity index (χ0) is 14.5. The Labute approximate surface area is 117 Å². The monoisotopic (exact) mass is 273 g/mol. The van der Waals surface area contributed by atoms with E-state index in [-0.39, 0.29) is 12.1 Å². The summed E-state index contributed by atoms with van der Waals surface area (Å²) in [4.78, 5) is 18.4. The number of nitrogens with zero attached hydrogens (tertiary/aromatic N) is 1. The third-order valence-corrected chi connectivity index (χ3v) is 2.99. The summed E-state index contributed by atoms with van der Waals surface area (Å²) in [6.07, 6.45) is 0.538. The van der Waals surface area contributed by atoms with E-state index in [4.69, 9.17) is 10.5 Å². The molecule has 0 aliphatic rings. The number of H-pyrrole nitrogens is 1. The van der Waals surface area contributed by atoms with Gasteiger partial charge in [-0.15, -0.1) is 0 Å². The van der Waals surface area contributed by atoms with Gasteiger partial charge in [0.2, 0.25) is 0 Å². The van der Waals surface area contributed by atoms with Crippen molar-refractivity contribution in [3.63, 3.8) is 0 Å². The van der Waals surface area contributed by atoms with Crippen LogP contribution in [0.15, 0.2) is 29.1 Å². The maximum Gasteiger partial charge on any atom is 0.251 e. The van der Waals surface area contributed by atoms with E-state index in [1.165, 1.54) is 6.07 Å². The molecular weight excluding hydrogens is 254 g/mol. The van der Waals surface area contributed by atoms with Gasteiger partial charge in [-0.2, -0.15) is 0 Å². The summed E-state index contributed by atoms with van der Waals surface area (Å²) in [5, 5.41) is 0. The van der Waals surface area contributed by atoms with Crippen molar-refractivity contribution in [3.05, 3.63) is 57.3 Å². The summed E-state index contributed by atoms with van der Waals surface area (Å²) >= 11 is 0. The second-order valence-electron chi connectivity index (χ2n) is 4.75. The second kappa shape index (κ2) is 6.34. The molecule has 2 aromatic rings. The quantitative estimate of drug-likeness (QED) is 0.864. The fourth-order valence-corrected chi connectivity index (χ4v) is 1.91. The van der Waals surface area contributed by atoms with Crippen molar-refractivity contribution in [1.29, 1.82) is 0 Å². The van der Waals surface area contributed by atoms with Crippen molar-refractivity contribution in [3.8, 4) is 5.75 Å². The van der Waals surface area contributed by atoms with E-state index >= 15 is 0 Å². The van der Waals surface area contributed by atoms with Crippen LogP contribution < -0.4 is 16.0 Å². The fraction of sp³-hybridized carbons (Fsp3) is 0.333. The molecule has 20 heavy (non-hydrogen) atoms. The SMILES string of the molecule is Cc1ccc(C)c(OCCc2nc(CN)cc(=O)[nH]2)c1. The third kappa shape index (κ3) is 3.68. The van der Waals surface area contributed by atoms with E-state index in [9.17, 15) is 4.79 Å². The first-order valence-electron chi connectivity index (χ1n) is 6.57. The Hall–Kier alpha value is -2.14. The van der Waals surface area contributed by atoms with Crippen LogP contribution in [0.5, 0.6) is 5.75 Å². The molecule has 0 aliphatic carbocycles. The minimum Gasteiger partial charge on any atom is -0.493 e. The van der Waals surface area contributed by atoms with Crippen molar-refractivity contribution < 1.29 is 4.74 Å². The molecule has 106 valence electrons. The Morgan fingerprint density at radius 2 is 2.10 bits per heavy atom. The van der Waals surface area contributed by atoms with E-state index in [2.05, 4.69) is 9.97 Å². The molecule has 0 bridgehead atoms. The summed E-state index contributed by atoms with van der Waals surface area (Å²) in [6, 6.07) is 7.49. The van der Waals surface area contributed by atoms with Gasteiger partial charge in [0.15, 0.2) is 0 Å². The number of aromatic amines is 1. The Bertz CT molecular complexity index is 650. The lowest BCUT2D eigenvalue weighted by Gasteiger charge is -2.10. The smallest absolute Gasteiger partial charge is 0.251 e. The van der Waals surface area contributed by atoms with E-state index in [0.717, 1.165) is 16.9 Å². The van der Waals surface area contributed by atoms with E-state index in [1.54, 1.807) is 0 Å². The molecule has 5 nitrogen and oxygen atoms in total. The highest BCUT2D eigenvalue weighted by atomic mass is 16.5. The van der Waals surface area contributed by atoms with Gasteiger partial charge in [-0.1, -0.05) is 12.1 Å². The molecule has 0 saturated heterocycles. The maximum atomic E-state index is 11.4. The molecule has 1 aromatic heterocycles. The van der Waals surface area contributed by atoms with Crippen LogP contribution in [0.25, 0.3) is 0 Å². The van der Waals surface area contributed by atoms with Gasteiger partial charge in [0.25, 0.3) is 5.56 Å². The number of nitrogens with two attached hydrogens (primary N) is 1. The molecule has 5 heteroatoms. The van der Waals surface area contributed by atoms with Gasteiger partial charge in [0.05, 0.1) is 12.3 Å². The summed E-state index contributed by atoms with van der Waals surface area (Å²) in [5.41, 5.74) is 8.16. The van der Waals surface area contributed by atoms with Crippen LogP contribution in [0.3, 0.4) is 0 Å². The molecule has 1 heterocycles. The van der Waals surface area contributed by atoms with Crippen LogP contribution in [0, 0.1) is 13.8 Å². The van der Waals surface area contributed by atoms with Gasteiger partial charge < -0.3 is 15.5 Å². The average molecular weight is 273 g/mol.